The Morgan fingerprint density at radius 2 is 1.94 bits per heavy atom. The molecule has 0 aliphatic carbocycles. The van der Waals surface area contributed by atoms with Crippen LogP contribution >= 0.6 is 12.2 Å². The molecule has 1 aromatic rings. The van der Waals surface area contributed by atoms with E-state index >= 15 is 0 Å². The molecule has 17 heavy (non-hydrogen) atoms. The van der Waals surface area contributed by atoms with Crippen molar-refractivity contribution in [1.29, 1.82) is 0 Å². The van der Waals surface area contributed by atoms with Crippen molar-refractivity contribution >= 4 is 23.1 Å². The number of hydrogen-bond acceptors (Lipinski definition) is 2. The van der Waals surface area contributed by atoms with Gasteiger partial charge >= 0.3 is 0 Å². The standard InChI is InChI=1S/C13H18N2OS/c1-3-15(9-12(14)17)13(16)8-11-6-4-10(2)5-7-11/h4-7H,3,8-9H2,1-2H3,(H2,14,17). The summed E-state index contributed by atoms with van der Waals surface area (Å²) in [6, 6.07) is 7.96. The van der Waals surface area contributed by atoms with Crippen LogP contribution < -0.4 is 5.73 Å². The van der Waals surface area contributed by atoms with Gasteiger partial charge in [0.2, 0.25) is 5.91 Å². The molecule has 0 spiro atoms. The summed E-state index contributed by atoms with van der Waals surface area (Å²) in [4.78, 5) is 14.0. The quantitative estimate of drug-likeness (QED) is 0.809. The highest BCUT2D eigenvalue weighted by Crippen LogP contribution is 2.06. The van der Waals surface area contributed by atoms with Crippen LogP contribution in [-0.2, 0) is 11.2 Å². The predicted octanol–water partition coefficient (Wildman–Crippen LogP) is 1.67. The van der Waals surface area contributed by atoms with Gasteiger partial charge in [-0.2, -0.15) is 0 Å². The second kappa shape index (κ2) is 6.35. The monoisotopic (exact) mass is 250 g/mol. The number of carbonyl (C=O) groups is 1. The van der Waals surface area contributed by atoms with E-state index in [0.717, 1.165) is 5.56 Å². The summed E-state index contributed by atoms with van der Waals surface area (Å²) in [7, 11) is 0. The van der Waals surface area contributed by atoms with E-state index in [4.69, 9.17) is 18.0 Å². The molecule has 0 aliphatic rings. The number of thiocarbonyl (C=S) groups is 1. The smallest absolute Gasteiger partial charge is 0.227 e. The number of hydrogen-bond donors (Lipinski definition) is 1. The van der Waals surface area contributed by atoms with E-state index < -0.39 is 0 Å². The largest absolute Gasteiger partial charge is 0.392 e. The van der Waals surface area contributed by atoms with Crippen molar-refractivity contribution in [3.8, 4) is 0 Å². The van der Waals surface area contributed by atoms with Crippen molar-refractivity contribution in [1.82, 2.24) is 4.90 Å². The zero-order valence-corrected chi connectivity index (χ0v) is 11.1. The number of amides is 1. The first-order valence-electron chi connectivity index (χ1n) is 5.64. The van der Waals surface area contributed by atoms with Gasteiger partial charge in [0.05, 0.1) is 18.0 Å². The van der Waals surface area contributed by atoms with Crippen LogP contribution in [0.1, 0.15) is 18.1 Å². The molecule has 0 aromatic heterocycles. The first-order valence-corrected chi connectivity index (χ1v) is 6.05. The second-order valence-corrected chi connectivity index (χ2v) is 4.56. The summed E-state index contributed by atoms with van der Waals surface area (Å²) in [5.41, 5.74) is 7.66. The molecule has 1 amide bonds. The topological polar surface area (TPSA) is 46.3 Å². The Labute approximate surface area is 108 Å². The van der Waals surface area contributed by atoms with Gasteiger partial charge in [-0.1, -0.05) is 42.0 Å². The number of nitrogens with two attached hydrogens (primary N) is 1. The van der Waals surface area contributed by atoms with Crippen molar-refractivity contribution in [3.05, 3.63) is 35.4 Å². The molecule has 3 nitrogen and oxygen atoms in total. The average molecular weight is 250 g/mol. The highest BCUT2D eigenvalue weighted by atomic mass is 32.1. The van der Waals surface area contributed by atoms with Crippen molar-refractivity contribution in [3.63, 3.8) is 0 Å². The van der Waals surface area contributed by atoms with Crippen LogP contribution in [0, 0.1) is 6.92 Å². The number of nitrogens with zero attached hydrogens (tertiary/aromatic N) is 1. The predicted molar refractivity (Wildman–Crippen MR) is 73.9 cm³/mol. The molecule has 0 radical (unpaired) electrons. The van der Waals surface area contributed by atoms with Crippen LogP contribution in [0.25, 0.3) is 0 Å². The molecular weight excluding hydrogens is 232 g/mol. The summed E-state index contributed by atoms with van der Waals surface area (Å²) >= 11 is 4.82. The Morgan fingerprint density at radius 3 is 2.41 bits per heavy atom. The van der Waals surface area contributed by atoms with Crippen LogP contribution in [0.3, 0.4) is 0 Å². The van der Waals surface area contributed by atoms with Crippen LogP contribution in [0.5, 0.6) is 0 Å². The molecule has 1 rings (SSSR count). The number of likely N-dealkylation sites (N-methyl/N-ethyl adjacent to an activating group) is 1. The van der Waals surface area contributed by atoms with E-state index in [1.807, 2.05) is 38.1 Å². The Morgan fingerprint density at radius 1 is 1.35 bits per heavy atom. The molecule has 0 saturated heterocycles. The van der Waals surface area contributed by atoms with Crippen molar-refractivity contribution in [2.45, 2.75) is 20.3 Å². The molecule has 0 bridgehead atoms. The van der Waals surface area contributed by atoms with Gasteiger partial charge in [0, 0.05) is 6.54 Å². The first kappa shape index (κ1) is 13.6. The number of rotatable bonds is 5. The second-order valence-electron chi connectivity index (χ2n) is 4.04. The van der Waals surface area contributed by atoms with Gasteiger partial charge in [0.15, 0.2) is 0 Å². The van der Waals surface area contributed by atoms with Crippen molar-refractivity contribution < 1.29 is 4.79 Å². The fourth-order valence-corrected chi connectivity index (χ4v) is 1.71. The maximum absolute atomic E-state index is 12.0. The van der Waals surface area contributed by atoms with E-state index in [1.54, 1.807) is 4.90 Å². The van der Waals surface area contributed by atoms with Gasteiger partial charge in [-0.25, -0.2) is 0 Å². The summed E-state index contributed by atoms with van der Waals surface area (Å²) in [6.45, 7) is 4.93. The number of benzene rings is 1. The zero-order chi connectivity index (χ0) is 12.8. The Hall–Kier alpha value is -1.42. The lowest BCUT2D eigenvalue weighted by molar-refractivity contribution is -0.129. The van der Waals surface area contributed by atoms with Gasteiger partial charge in [-0.15, -0.1) is 0 Å². The molecular formula is C13H18N2OS. The van der Waals surface area contributed by atoms with E-state index in [0.29, 0.717) is 24.5 Å². The Bertz CT molecular complexity index is 400. The van der Waals surface area contributed by atoms with Crippen LogP contribution in [0.4, 0.5) is 0 Å². The first-order chi connectivity index (χ1) is 8.02. The Kier molecular flexibility index (Phi) is 5.10. The van der Waals surface area contributed by atoms with Gasteiger partial charge in [-0.05, 0) is 19.4 Å². The van der Waals surface area contributed by atoms with E-state index in [2.05, 4.69) is 0 Å². The molecule has 0 aliphatic heterocycles. The molecule has 1 aromatic carbocycles. The van der Waals surface area contributed by atoms with Gasteiger partial charge < -0.3 is 10.6 Å². The lowest BCUT2D eigenvalue weighted by Crippen LogP contribution is -2.38. The van der Waals surface area contributed by atoms with E-state index in [-0.39, 0.29) is 5.91 Å². The highest BCUT2D eigenvalue weighted by molar-refractivity contribution is 7.80. The molecule has 4 heteroatoms. The summed E-state index contributed by atoms with van der Waals surface area (Å²) in [5, 5.41) is 0. The lowest BCUT2D eigenvalue weighted by atomic mass is 10.1. The third-order valence-corrected chi connectivity index (χ3v) is 2.69. The lowest BCUT2D eigenvalue weighted by Gasteiger charge is -2.20. The van der Waals surface area contributed by atoms with E-state index in [9.17, 15) is 4.79 Å². The fourth-order valence-electron chi connectivity index (χ4n) is 1.56. The van der Waals surface area contributed by atoms with Crippen molar-refractivity contribution in [2.24, 2.45) is 5.73 Å². The molecule has 0 fully saturated rings. The van der Waals surface area contributed by atoms with E-state index in [1.165, 1.54) is 5.56 Å². The average Bonchev–Trinajstić information content (AvgIpc) is 2.28. The number of carbonyl (C=O) groups excluding carboxylic acids is 1. The molecule has 92 valence electrons. The van der Waals surface area contributed by atoms with Crippen LogP contribution in [0.2, 0.25) is 0 Å². The minimum Gasteiger partial charge on any atom is -0.392 e. The maximum atomic E-state index is 12.0. The van der Waals surface area contributed by atoms with Crippen molar-refractivity contribution in [2.75, 3.05) is 13.1 Å². The molecule has 2 N–H and O–H groups in total. The molecule has 0 atom stereocenters. The SMILES string of the molecule is CCN(CC(N)=S)C(=O)Cc1ccc(C)cc1. The molecule has 0 heterocycles. The zero-order valence-electron chi connectivity index (χ0n) is 10.3. The summed E-state index contributed by atoms with van der Waals surface area (Å²) < 4.78 is 0. The van der Waals surface area contributed by atoms with Crippen LogP contribution in [-0.4, -0.2) is 28.9 Å². The molecule has 0 unspecified atom stereocenters. The van der Waals surface area contributed by atoms with Crippen LogP contribution in [0.15, 0.2) is 24.3 Å². The minimum atomic E-state index is 0.0594. The summed E-state index contributed by atoms with van der Waals surface area (Å²) in [5.74, 6) is 0.0594. The fraction of sp³-hybridized carbons (Fsp3) is 0.385. The number of aryl methyl sites for hydroxylation is 1. The van der Waals surface area contributed by atoms with Gasteiger partial charge in [0.1, 0.15) is 0 Å². The maximum Gasteiger partial charge on any atom is 0.227 e. The third kappa shape index (κ3) is 4.53. The molecule has 0 saturated carbocycles. The summed E-state index contributed by atoms with van der Waals surface area (Å²) in [6.07, 6.45) is 0.400. The van der Waals surface area contributed by atoms with Gasteiger partial charge in [-0.3, -0.25) is 4.79 Å². The minimum absolute atomic E-state index is 0.0594. The third-order valence-electron chi connectivity index (χ3n) is 2.56. The van der Waals surface area contributed by atoms with Gasteiger partial charge in [0.25, 0.3) is 0 Å². The Balaban J connectivity index is 2.63. The highest BCUT2D eigenvalue weighted by Gasteiger charge is 2.12. The normalized spacial score (nSPS) is 10.0.